The fourth-order valence-electron chi connectivity index (χ4n) is 6.75. The summed E-state index contributed by atoms with van der Waals surface area (Å²) in [4.78, 5) is 0. The summed E-state index contributed by atoms with van der Waals surface area (Å²) in [5.41, 5.74) is 10.1. The average Bonchev–Trinajstić information content (AvgIpc) is 3.55. The van der Waals surface area contributed by atoms with E-state index in [1.165, 1.54) is 45.0 Å². The summed E-state index contributed by atoms with van der Waals surface area (Å²) in [5, 5.41) is 4.76. The maximum absolute atomic E-state index is 9.44. The Morgan fingerprint density at radius 2 is 1.67 bits per heavy atom. The van der Waals surface area contributed by atoms with Gasteiger partial charge in [0, 0.05) is 29.2 Å². The monoisotopic (exact) mass is 470 g/mol. The summed E-state index contributed by atoms with van der Waals surface area (Å²) in [7, 11) is 2.12. The van der Waals surface area contributed by atoms with E-state index in [4.69, 9.17) is 4.42 Å². The molecular weight excluding hydrogens is 440 g/mol. The van der Waals surface area contributed by atoms with Gasteiger partial charge in [-0.3, -0.25) is 0 Å². The molecule has 176 valence electrons. The molecule has 0 unspecified atom stereocenters. The van der Waals surface area contributed by atoms with Crippen molar-refractivity contribution < 1.29 is 10.4 Å². The molecule has 8 rings (SSSR count). The minimum Gasteiger partial charge on any atom is -0.453 e. The predicted molar refractivity (Wildman–Crippen MR) is 148 cm³/mol. The lowest BCUT2D eigenvalue weighted by Crippen LogP contribution is -2.30. The van der Waals surface area contributed by atoms with Crippen molar-refractivity contribution >= 4 is 49.3 Å². The Labute approximate surface area is 211 Å². The molecule has 0 bridgehead atoms. The lowest BCUT2D eigenvalue weighted by Gasteiger charge is -2.22. The number of hydrogen-bond acceptors (Lipinski definition) is 1. The Hall–Kier alpha value is -3.85. The van der Waals surface area contributed by atoms with Crippen molar-refractivity contribution in [1.82, 2.24) is 4.40 Å². The Morgan fingerprint density at radius 1 is 0.889 bits per heavy atom. The minimum absolute atomic E-state index is 0.528. The van der Waals surface area contributed by atoms with E-state index in [0.717, 1.165) is 58.7 Å². The van der Waals surface area contributed by atoms with Crippen LogP contribution in [0.1, 0.15) is 50.5 Å². The van der Waals surface area contributed by atoms with Gasteiger partial charge in [0.25, 0.3) is 0 Å². The number of pyridine rings is 1. The largest absolute Gasteiger partial charge is 0.453 e. The van der Waals surface area contributed by atoms with Gasteiger partial charge in [-0.15, -0.1) is 0 Å². The molecule has 4 aromatic heterocycles. The third-order valence-corrected chi connectivity index (χ3v) is 8.45. The molecule has 1 aliphatic carbocycles. The molecule has 4 heterocycles. The van der Waals surface area contributed by atoms with Crippen molar-refractivity contribution in [2.45, 2.75) is 44.9 Å². The number of nitrogens with zero attached hydrogens (tertiary/aromatic N) is 2. The van der Waals surface area contributed by atoms with Crippen LogP contribution < -0.4 is 4.57 Å². The first-order chi connectivity index (χ1) is 18.0. The summed E-state index contributed by atoms with van der Waals surface area (Å²) in [6, 6.07) is 24.0. The zero-order chi connectivity index (χ0) is 24.9. The second kappa shape index (κ2) is 7.33. The third kappa shape index (κ3) is 2.61. The van der Waals surface area contributed by atoms with Crippen molar-refractivity contribution in [2.24, 2.45) is 7.05 Å². The molecule has 1 saturated carbocycles. The van der Waals surface area contributed by atoms with Crippen LogP contribution in [-0.2, 0) is 7.05 Å². The first kappa shape index (κ1) is 19.4. The number of fused-ring (bicyclic) bond motifs is 8. The molecule has 1 aliphatic rings. The smallest absolute Gasteiger partial charge is 0.225 e. The first-order valence-corrected chi connectivity index (χ1v) is 13.1. The zero-order valence-corrected chi connectivity index (χ0v) is 20.8. The SMILES string of the molecule is [2H]C1(c2cc3c4ccccc4n4c3c(c2)c2oc3cc[n+](C)c(-c5ccccc5C)c3c24)CCCCC1. The van der Waals surface area contributed by atoms with Gasteiger partial charge in [-0.05, 0) is 61.1 Å². The summed E-state index contributed by atoms with van der Waals surface area (Å²) >= 11 is 0. The third-order valence-electron chi connectivity index (χ3n) is 8.45. The lowest BCUT2D eigenvalue weighted by molar-refractivity contribution is -0.659. The molecule has 0 saturated heterocycles. The molecule has 0 amide bonds. The highest BCUT2D eigenvalue weighted by Crippen LogP contribution is 2.46. The van der Waals surface area contributed by atoms with Crippen LogP contribution in [0.5, 0.6) is 0 Å². The predicted octanol–water partition coefficient (Wildman–Crippen LogP) is 8.43. The Kier molecular flexibility index (Phi) is 3.94. The highest BCUT2D eigenvalue weighted by atomic mass is 16.3. The van der Waals surface area contributed by atoms with Crippen molar-refractivity contribution in [3.8, 4) is 11.3 Å². The number of aromatic nitrogens is 2. The summed E-state index contributed by atoms with van der Waals surface area (Å²) in [5.74, 6) is -0.528. The van der Waals surface area contributed by atoms with E-state index in [-0.39, 0.29) is 0 Å². The highest BCUT2D eigenvalue weighted by molar-refractivity contribution is 6.27. The Bertz CT molecular complexity index is 2000. The van der Waals surface area contributed by atoms with Crippen LogP contribution in [0.15, 0.2) is 77.3 Å². The molecule has 3 aromatic carbocycles. The minimum atomic E-state index is -0.528. The molecule has 0 spiro atoms. The van der Waals surface area contributed by atoms with Crippen molar-refractivity contribution in [3.63, 3.8) is 0 Å². The van der Waals surface area contributed by atoms with Gasteiger partial charge in [0.15, 0.2) is 11.8 Å². The zero-order valence-electron chi connectivity index (χ0n) is 21.8. The van der Waals surface area contributed by atoms with Crippen LogP contribution in [-0.4, -0.2) is 4.40 Å². The van der Waals surface area contributed by atoms with E-state index >= 15 is 0 Å². The number of benzene rings is 3. The molecule has 3 nitrogen and oxygen atoms in total. The van der Waals surface area contributed by atoms with Gasteiger partial charge in [-0.25, -0.2) is 4.57 Å². The van der Waals surface area contributed by atoms with E-state index in [9.17, 15) is 1.37 Å². The normalized spacial score (nSPS) is 16.7. The van der Waals surface area contributed by atoms with Crippen LogP contribution in [0.3, 0.4) is 0 Å². The van der Waals surface area contributed by atoms with E-state index in [0.29, 0.717) is 0 Å². The number of furan rings is 1. The topological polar surface area (TPSA) is 21.4 Å². The van der Waals surface area contributed by atoms with E-state index < -0.39 is 5.89 Å². The highest BCUT2D eigenvalue weighted by Gasteiger charge is 2.29. The van der Waals surface area contributed by atoms with Gasteiger partial charge < -0.3 is 8.82 Å². The Balaban J connectivity index is 1.60. The second-order valence-electron chi connectivity index (χ2n) is 10.5. The van der Waals surface area contributed by atoms with Gasteiger partial charge in [-0.2, -0.15) is 0 Å². The number of para-hydroxylation sites is 1. The lowest BCUT2D eigenvalue weighted by atomic mass is 9.83. The van der Waals surface area contributed by atoms with Gasteiger partial charge in [0.1, 0.15) is 23.5 Å². The molecule has 0 atom stereocenters. The summed E-state index contributed by atoms with van der Waals surface area (Å²) < 4.78 is 20.8. The number of rotatable bonds is 2. The van der Waals surface area contributed by atoms with Gasteiger partial charge >= 0.3 is 0 Å². The molecule has 7 aromatic rings. The summed E-state index contributed by atoms with van der Waals surface area (Å²) in [6.45, 7) is 2.18. The molecule has 1 fully saturated rings. The van der Waals surface area contributed by atoms with Crippen LogP contribution in [0.2, 0.25) is 0 Å². The van der Waals surface area contributed by atoms with Crippen LogP contribution in [0.25, 0.3) is 60.5 Å². The quantitative estimate of drug-likeness (QED) is 0.232. The molecule has 0 N–H and O–H groups in total. The number of aryl methyl sites for hydroxylation is 2. The molecule has 36 heavy (non-hydrogen) atoms. The fourth-order valence-corrected chi connectivity index (χ4v) is 6.75. The molecule has 0 radical (unpaired) electrons. The molecular formula is C33H29N2O+. The first-order valence-electron chi connectivity index (χ1n) is 13.6. The fraction of sp³-hybridized carbons (Fsp3) is 0.242. The average molecular weight is 471 g/mol. The molecule has 0 aliphatic heterocycles. The van der Waals surface area contributed by atoms with E-state index in [1.807, 2.05) is 0 Å². The van der Waals surface area contributed by atoms with Crippen molar-refractivity contribution in [2.75, 3.05) is 0 Å². The van der Waals surface area contributed by atoms with E-state index in [1.54, 1.807) is 0 Å². The second-order valence-corrected chi connectivity index (χ2v) is 10.5. The van der Waals surface area contributed by atoms with Gasteiger partial charge in [0.05, 0.1) is 11.0 Å². The van der Waals surface area contributed by atoms with E-state index in [2.05, 4.69) is 95.9 Å². The van der Waals surface area contributed by atoms with Crippen LogP contribution in [0, 0.1) is 6.92 Å². The maximum atomic E-state index is 9.44. The maximum Gasteiger partial charge on any atom is 0.225 e. The van der Waals surface area contributed by atoms with Crippen LogP contribution in [0.4, 0.5) is 0 Å². The number of hydrogen-bond donors (Lipinski definition) is 0. The van der Waals surface area contributed by atoms with Crippen molar-refractivity contribution in [3.05, 3.63) is 84.1 Å². The van der Waals surface area contributed by atoms with Gasteiger partial charge in [-0.1, -0.05) is 55.7 Å². The Morgan fingerprint density at radius 3 is 2.53 bits per heavy atom. The standard InChI is InChI=1S/C33H29N2O/c1-20-10-6-7-13-23(20)31-29-28(16-17-34(31)2)36-33-26-19-22(21-11-4-3-5-12-21)18-25-24-14-8-9-15-27(24)35(30(25)26)32(29)33/h6-10,13-19,21H,3-5,11-12H2,1-2H3/q+1/i21D. The van der Waals surface area contributed by atoms with Gasteiger partial charge in [0.2, 0.25) is 5.69 Å². The summed E-state index contributed by atoms with van der Waals surface area (Å²) in [6.07, 6.45) is 7.45. The molecule has 3 heteroatoms. The van der Waals surface area contributed by atoms with Crippen molar-refractivity contribution in [1.29, 1.82) is 0 Å². The van der Waals surface area contributed by atoms with Crippen LogP contribution >= 0.6 is 0 Å².